The van der Waals surface area contributed by atoms with E-state index in [2.05, 4.69) is 10.5 Å². The maximum Gasteiger partial charge on any atom is 0.272 e. The second kappa shape index (κ2) is 6.64. The third kappa shape index (κ3) is 3.35. The number of aryl methyl sites for hydroxylation is 1. The minimum absolute atomic E-state index is 0.146. The Labute approximate surface area is 141 Å². The van der Waals surface area contributed by atoms with Crippen LogP contribution in [-0.4, -0.2) is 17.6 Å². The van der Waals surface area contributed by atoms with Crippen molar-refractivity contribution in [2.24, 2.45) is 5.10 Å². The normalized spacial score (nSPS) is 14.4. The highest BCUT2D eigenvalue weighted by molar-refractivity contribution is 7.15. The Morgan fingerprint density at radius 2 is 1.96 bits per heavy atom. The van der Waals surface area contributed by atoms with Crippen LogP contribution >= 0.6 is 22.7 Å². The summed E-state index contributed by atoms with van der Waals surface area (Å²) in [6, 6.07) is 3.14. The van der Waals surface area contributed by atoms with Crippen LogP contribution in [0.2, 0.25) is 0 Å². The molecule has 2 heterocycles. The van der Waals surface area contributed by atoms with E-state index in [-0.39, 0.29) is 10.8 Å². The predicted molar refractivity (Wildman–Crippen MR) is 89.3 cm³/mol. The van der Waals surface area contributed by atoms with Gasteiger partial charge in [0.05, 0.1) is 27.0 Å². The van der Waals surface area contributed by atoms with Crippen molar-refractivity contribution in [2.45, 2.75) is 32.6 Å². The Balaban J connectivity index is 1.72. The Bertz CT molecular complexity index is 789. The van der Waals surface area contributed by atoms with Gasteiger partial charge in [0, 0.05) is 10.3 Å². The van der Waals surface area contributed by atoms with Crippen LogP contribution in [0.1, 0.15) is 55.1 Å². The molecule has 1 aliphatic rings. The van der Waals surface area contributed by atoms with Crippen molar-refractivity contribution in [3.05, 3.63) is 43.3 Å². The van der Waals surface area contributed by atoms with Crippen molar-refractivity contribution < 1.29 is 14.7 Å². The van der Waals surface area contributed by atoms with Gasteiger partial charge < -0.3 is 9.90 Å². The molecule has 2 aromatic heterocycles. The number of carboxylic acid groups (broad SMARTS) is 1. The Hall–Kier alpha value is -1.99. The monoisotopic (exact) mass is 347 g/mol. The summed E-state index contributed by atoms with van der Waals surface area (Å²) in [7, 11) is 0. The van der Waals surface area contributed by atoms with Gasteiger partial charge in [-0.05, 0) is 50.3 Å². The summed E-state index contributed by atoms with van der Waals surface area (Å²) in [5.41, 5.74) is 5.01. The van der Waals surface area contributed by atoms with E-state index in [1.165, 1.54) is 17.4 Å². The van der Waals surface area contributed by atoms with E-state index < -0.39 is 5.97 Å². The highest BCUT2D eigenvalue weighted by Crippen LogP contribution is 2.30. The smallest absolute Gasteiger partial charge is 0.272 e. The summed E-state index contributed by atoms with van der Waals surface area (Å²) in [4.78, 5) is 25.2. The van der Waals surface area contributed by atoms with Gasteiger partial charge in [0.2, 0.25) is 0 Å². The van der Waals surface area contributed by atoms with Gasteiger partial charge >= 0.3 is 0 Å². The molecule has 0 saturated carbocycles. The number of hydrogen-bond donors (Lipinski definition) is 1. The van der Waals surface area contributed by atoms with Crippen LogP contribution in [-0.2, 0) is 12.8 Å². The molecule has 0 unspecified atom stereocenters. The lowest BCUT2D eigenvalue weighted by Crippen LogP contribution is -2.21. The number of hydrazone groups is 1. The zero-order chi connectivity index (χ0) is 16.4. The van der Waals surface area contributed by atoms with E-state index in [9.17, 15) is 14.7 Å². The van der Waals surface area contributed by atoms with Crippen molar-refractivity contribution in [2.75, 3.05) is 0 Å². The lowest BCUT2D eigenvalue weighted by molar-refractivity contribution is -0.254. The first-order valence-electron chi connectivity index (χ1n) is 7.31. The fraction of sp³-hybridized carbons (Fsp3) is 0.312. The van der Waals surface area contributed by atoms with E-state index >= 15 is 0 Å². The number of carbonyl (C=O) groups excluding carboxylic acids is 2. The number of nitrogens with zero attached hydrogens (tertiary/aromatic N) is 1. The fourth-order valence-corrected chi connectivity index (χ4v) is 4.49. The van der Waals surface area contributed by atoms with Crippen LogP contribution < -0.4 is 10.5 Å². The van der Waals surface area contributed by atoms with Gasteiger partial charge in [-0.15, -0.1) is 22.7 Å². The number of amides is 1. The molecule has 0 aromatic carbocycles. The first kappa shape index (κ1) is 15.9. The summed E-state index contributed by atoms with van der Waals surface area (Å²) in [6.45, 7) is 1.73. The molecule has 0 spiro atoms. The molecule has 0 aliphatic heterocycles. The maximum atomic E-state index is 12.3. The molecule has 0 saturated heterocycles. The van der Waals surface area contributed by atoms with E-state index in [1.54, 1.807) is 24.3 Å². The minimum Gasteiger partial charge on any atom is -0.544 e. The average Bonchev–Trinajstić information content (AvgIpc) is 3.19. The lowest BCUT2D eigenvalue weighted by Gasteiger charge is -2.11. The fourth-order valence-electron chi connectivity index (χ4n) is 2.58. The summed E-state index contributed by atoms with van der Waals surface area (Å²) < 4.78 is 0. The topological polar surface area (TPSA) is 81.6 Å². The molecule has 7 heteroatoms. The number of nitrogens with one attached hydrogen (secondary N) is 1. The molecule has 23 heavy (non-hydrogen) atoms. The van der Waals surface area contributed by atoms with Gasteiger partial charge in [-0.25, -0.2) is 5.43 Å². The third-order valence-electron chi connectivity index (χ3n) is 3.79. The second-order valence-electron chi connectivity index (χ2n) is 5.35. The van der Waals surface area contributed by atoms with Gasteiger partial charge in [0.25, 0.3) is 5.91 Å². The Morgan fingerprint density at radius 3 is 2.70 bits per heavy atom. The van der Waals surface area contributed by atoms with Crippen molar-refractivity contribution >= 4 is 40.3 Å². The minimum atomic E-state index is -1.21. The van der Waals surface area contributed by atoms with Gasteiger partial charge in [0.15, 0.2) is 0 Å². The molecule has 120 valence electrons. The summed E-state index contributed by atoms with van der Waals surface area (Å²) in [5.74, 6) is -1.41. The average molecular weight is 347 g/mol. The molecular weight excluding hydrogens is 332 g/mol. The van der Waals surface area contributed by atoms with E-state index in [0.717, 1.165) is 36.2 Å². The number of rotatable bonds is 4. The first-order chi connectivity index (χ1) is 11.1. The first-order valence-corrected chi connectivity index (χ1v) is 9.01. The number of hydrogen-bond acceptors (Lipinski definition) is 6. The summed E-state index contributed by atoms with van der Waals surface area (Å²) >= 11 is 2.72. The van der Waals surface area contributed by atoms with Crippen LogP contribution in [0.5, 0.6) is 0 Å². The van der Waals surface area contributed by atoms with Crippen molar-refractivity contribution in [1.82, 2.24) is 5.43 Å². The third-order valence-corrected chi connectivity index (χ3v) is 6.06. The second-order valence-corrected chi connectivity index (χ2v) is 7.40. The predicted octanol–water partition coefficient (Wildman–Crippen LogP) is 2.21. The van der Waals surface area contributed by atoms with Crippen molar-refractivity contribution in [1.29, 1.82) is 0 Å². The highest BCUT2D eigenvalue weighted by Gasteiger charge is 2.19. The zero-order valence-electron chi connectivity index (χ0n) is 12.5. The Morgan fingerprint density at radius 1 is 1.22 bits per heavy atom. The summed E-state index contributed by atoms with van der Waals surface area (Å²) in [5, 5.41) is 16.8. The molecule has 0 radical (unpaired) electrons. The van der Waals surface area contributed by atoms with Crippen LogP contribution in [0.15, 0.2) is 22.6 Å². The highest BCUT2D eigenvalue weighted by atomic mass is 32.1. The van der Waals surface area contributed by atoms with E-state index in [1.807, 2.05) is 5.38 Å². The zero-order valence-corrected chi connectivity index (χ0v) is 14.2. The number of fused-ring (bicyclic) bond motifs is 1. The summed E-state index contributed by atoms with van der Waals surface area (Å²) in [6.07, 6.45) is 4.30. The van der Waals surface area contributed by atoms with Crippen LogP contribution in [0.4, 0.5) is 0 Å². The van der Waals surface area contributed by atoms with Gasteiger partial charge in [-0.1, -0.05) is 0 Å². The lowest BCUT2D eigenvalue weighted by atomic mass is 9.96. The molecule has 1 amide bonds. The van der Waals surface area contributed by atoms with Gasteiger partial charge in [-0.2, -0.15) is 5.10 Å². The van der Waals surface area contributed by atoms with Crippen LogP contribution in [0, 0.1) is 0 Å². The molecule has 3 rings (SSSR count). The maximum absolute atomic E-state index is 12.3. The molecule has 0 bridgehead atoms. The van der Waals surface area contributed by atoms with E-state index in [4.69, 9.17) is 0 Å². The van der Waals surface area contributed by atoms with E-state index in [0.29, 0.717) is 16.2 Å². The number of carbonyl (C=O) groups is 2. The number of thiophene rings is 2. The quantitative estimate of drug-likeness (QED) is 0.680. The Kier molecular flexibility index (Phi) is 4.58. The largest absolute Gasteiger partial charge is 0.544 e. The molecule has 1 N–H and O–H groups in total. The van der Waals surface area contributed by atoms with Crippen LogP contribution in [0.25, 0.3) is 0 Å². The molecule has 0 atom stereocenters. The SMILES string of the molecule is C/C(=N/NC(=O)c1csc2c1CCCC2)c1ccc(C(=O)[O-])s1. The van der Waals surface area contributed by atoms with Crippen molar-refractivity contribution in [3.8, 4) is 0 Å². The standard InChI is InChI=1S/C16H16N2O3S2/c1-9(12-6-7-14(23-12)16(20)21)17-18-15(19)11-8-22-13-5-3-2-4-10(11)13/h6-8H,2-5H2,1H3,(H,18,19)(H,20,21)/p-1/b17-9-. The van der Waals surface area contributed by atoms with Crippen LogP contribution in [0.3, 0.4) is 0 Å². The number of aromatic carboxylic acids is 1. The molecule has 2 aromatic rings. The number of carboxylic acids is 1. The van der Waals surface area contributed by atoms with Gasteiger partial charge in [-0.3, -0.25) is 4.79 Å². The van der Waals surface area contributed by atoms with Gasteiger partial charge in [0.1, 0.15) is 0 Å². The molecule has 1 aliphatic carbocycles. The molecular formula is C16H15N2O3S2-. The molecule has 5 nitrogen and oxygen atoms in total. The van der Waals surface area contributed by atoms with Crippen molar-refractivity contribution in [3.63, 3.8) is 0 Å². The molecule has 0 fully saturated rings.